The third-order valence-corrected chi connectivity index (χ3v) is 5.96. The first-order valence-corrected chi connectivity index (χ1v) is 10.8. The Labute approximate surface area is 195 Å². The van der Waals surface area contributed by atoms with Crippen LogP contribution in [0.15, 0.2) is 102 Å². The molecular formula is C28H21F2N3O. The first-order valence-electron chi connectivity index (χ1n) is 10.8. The molecule has 34 heavy (non-hydrogen) atoms. The molecule has 1 heterocycles. The molecule has 0 unspecified atom stereocenters. The molecule has 168 valence electrons. The minimum absolute atomic E-state index is 0.00454. The normalized spacial score (nSPS) is 13.0. The second-order valence-electron chi connectivity index (χ2n) is 8.04. The summed E-state index contributed by atoms with van der Waals surface area (Å²) in [7, 11) is 0. The summed E-state index contributed by atoms with van der Waals surface area (Å²) in [4.78, 5) is 17.7. The van der Waals surface area contributed by atoms with Gasteiger partial charge in [-0.1, -0.05) is 73.3 Å². The number of hydrogen-bond acceptors (Lipinski definition) is 3. The van der Waals surface area contributed by atoms with E-state index in [9.17, 15) is 13.6 Å². The van der Waals surface area contributed by atoms with Gasteiger partial charge in [-0.3, -0.25) is 9.36 Å². The summed E-state index contributed by atoms with van der Waals surface area (Å²) in [6.45, 7) is 4.14. The highest BCUT2D eigenvalue weighted by molar-refractivity contribution is 5.79. The monoisotopic (exact) mass is 453 g/mol. The summed E-state index contributed by atoms with van der Waals surface area (Å²) in [5.41, 5.74) is 5.47. The molecule has 5 rings (SSSR count). The van der Waals surface area contributed by atoms with Crippen LogP contribution in [-0.2, 0) is 19.0 Å². The fourth-order valence-electron chi connectivity index (χ4n) is 4.29. The zero-order valence-electron chi connectivity index (χ0n) is 18.3. The van der Waals surface area contributed by atoms with E-state index >= 15 is 0 Å². The van der Waals surface area contributed by atoms with Crippen molar-refractivity contribution in [2.24, 2.45) is 0 Å². The summed E-state index contributed by atoms with van der Waals surface area (Å²) in [5, 5.41) is 3.13. The summed E-state index contributed by atoms with van der Waals surface area (Å²) >= 11 is 0. The molecule has 0 atom stereocenters. The van der Waals surface area contributed by atoms with Gasteiger partial charge in [0.15, 0.2) is 0 Å². The molecule has 0 radical (unpaired) electrons. The van der Waals surface area contributed by atoms with Gasteiger partial charge in [0, 0.05) is 23.2 Å². The van der Waals surface area contributed by atoms with Crippen molar-refractivity contribution in [1.82, 2.24) is 9.55 Å². The van der Waals surface area contributed by atoms with Crippen molar-refractivity contribution in [3.8, 4) is 22.5 Å². The number of allylic oxidation sites excluding steroid dienone is 1. The summed E-state index contributed by atoms with van der Waals surface area (Å²) in [5.74, 6) is -2.47. The number of halogens is 2. The fraction of sp³-hybridized carbons (Fsp3) is 0.107. The van der Waals surface area contributed by atoms with Crippen LogP contribution in [0, 0.1) is 0 Å². The first kappa shape index (κ1) is 21.6. The molecule has 0 aliphatic heterocycles. The van der Waals surface area contributed by atoms with Gasteiger partial charge in [0.2, 0.25) is 0 Å². The Morgan fingerprint density at radius 2 is 1.74 bits per heavy atom. The lowest BCUT2D eigenvalue weighted by atomic mass is 10.0. The summed E-state index contributed by atoms with van der Waals surface area (Å²) in [6.07, 6.45) is 3.17. The number of benzene rings is 3. The molecule has 3 aromatic carbocycles. The highest BCUT2D eigenvalue weighted by atomic mass is 19.3. The van der Waals surface area contributed by atoms with Crippen LogP contribution in [0.3, 0.4) is 0 Å². The molecule has 1 aliphatic rings. The third-order valence-electron chi connectivity index (χ3n) is 5.96. The van der Waals surface area contributed by atoms with Crippen molar-refractivity contribution in [2.45, 2.75) is 19.0 Å². The number of nitrogens with one attached hydrogen (secondary N) is 1. The minimum atomic E-state index is -3.01. The number of alkyl halides is 2. The van der Waals surface area contributed by atoms with Crippen molar-refractivity contribution < 1.29 is 8.78 Å². The molecule has 6 heteroatoms. The Bertz CT molecular complexity index is 1490. The number of fused-ring (bicyclic) bond motifs is 3. The number of aromatic nitrogens is 2. The minimum Gasteiger partial charge on any atom is -0.375 e. The molecular weight excluding hydrogens is 432 g/mol. The standard InChI is InChI=1S/C28H21F2N3O/c1-2-3-15-33-26(20-9-5-4-6-10-20)32-18-25(27(33)34)31-17-19-13-14-24-22(16-19)21-11-7-8-12-23(21)28(24,29)30/h3-14,16,18,31H,1,15,17H2. The molecule has 0 saturated carbocycles. The Balaban J connectivity index is 1.46. The lowest BCUT2D eigenvalue weighted by Gasteiger charge is -2.14. The van der Waals surface area contributed by atoms with Crippen LogP contribution in [0.5, 0.6) is 0 Å². The maximum Gasteiger partial charge on any atom is 0.299 e. The van der Waals surface area contributed by atoms with Crippen molar-refractivity contribution in [3.05, 3.63) is 124 Å². The van der Waals surface area contributed by atoms with E-state index in [-0.39, 0.29) is 23.2 Å². The van der Waals surface area contributed by atoms with E-state index < -0.39 is 5.92 Å². The zero-order chi connectivity index (χ0) is 23.7. The van der Waals surface area contributed by atoms with Gasteiger partial charge < -0.3 is 5.32 Å². The molecule has 0 spiro atoms. The van der Waals surface area contributed by atoms with Crippen molar-refractivity contribution in [2.75, 3.05) is 5.32 Å². The van der Waals surface area contributed by atoms with Crippen LogP contribution in [0.25, 0.3) is 22.5 Å². The number of nitrogens with zero attached hydrogens (tertiary/aromatic N) is 2. The largest absolute Gasteiger partial charge is 0.375 e. The topological polar surface area (TPSA) is 46.9 Å². The molecule has 0 amide bonds. The zero-order valence-corrected chi connectivity index (χ0v) is 18.3. The summed E-state index contributed by atoms with van der Waals surface area (Å²) < 4.78 is 31.2. The molecule has 1 aromatic heterocycles. The Morgan fingerprint density at radius 1 is 1.00 bits per heavy atom. The molecule has 0 saturated heterocycles. The van der Waals surface area contributed by atoms with E-state index in [4.69, 9.17) is 0 Å². The van der Waals surface area contributed by atoms with Crippen molar-refractivity contribution in [1.29, 1.82) is 0 Å². The molecule has 0 bridgehead atoms. The van der Waals surface area contributed by atoms with Crippen LogP contribution in [0.2, 0.25) is 0 Å². The SMILES string of the molecule is C=C=CCn1c(-c2ccccc2)ncc(NCc2ccc3c(c2)-c2ccccc2C3(F)F)c1=O. The van der Waals surface area contributed by atoms with Gasteiger partial charge in [0.25, 0.3) is 11.5 Å². The van der Waals surface area contributed by atoms with E-state index in [1.807, 2.05) is 30.3 Å². The van der Waals surface area contributed by atoms with Crippen LogP contribution >= 0.6 is 0 Å². The number of rotatable bonds is 6. The van der Waals surface area contributed by atoms with Crippen LogP contribution in [-0.4, -0.2) is 9.55 Å². The molecule has 1 aliphatic carbocycles. The smallest absolute Gasteiger partial charge is 0.299 e. The molecule has 4 nitrogen and oxygen atoms in total. The van der Waals surface area contributed by atoms with E-state index in [2.05, 4.69) is 22.6 Å². The van der Waals surface area contributed by atoms with Gasteiger partial charge >= 0.3 is 0 Å². The van der Waals surface area contributed by atoms with Gasteiger partial charge in [-0.25, -0.2) is 4.98 Å². The lowest BCUT2D eigenvalue weighted by molar-refractivity contribution is 0.0480. The predicted octanol–water partition coefficient (Wildman–Crippen LogP) is 5.98. The second kappa shape index (κ2) is 8.58. The van der Waals surface area contributed by atoms with Gasteiger partial charge in [-0.2, -0.15) is 8.78 Å². The van der Waals surface area contributed by atoms with Gasteiger partial charge in [0.05, 0.1) is 12.7 Å². The Morgan fingerprint density at radius 3 is 2.53 bits per heavy atom. The fourth-order valence-corrected chi connectivity index (χ4v) is 4.29. The van der Waals surface area contributed by atoms with Crippen LogP contribution < -0.4 is 10.9 Å². The average Bonchev–Trinajstić information content (AvgIpc) is 3.09. The number of hydrogen-bond donors (Lipinski definition) is 1. The van der Waals surface area contributed by atoms with Crippen LogP contribution in [0.4, 0.5) is 14.5 Å². The first-order chi connectivity index (χ1) is 16.5. The molecule has 1 N–H and O–H groups in total. The Kier molecular flexibility index (Phi) is 5.44. The molecule has 4 aromatic rings. The van der Waals surface area contributed by atoms with E-state index in [1.54, 1.807) is 41.0 Å². The van der Waals surface area contributed by atoms with Gasteiger partial charge in [-0.15, -0.1) is 5.73 Å². The Hall–Kier alpha value is -4.28. The molecule has 0 fully saturated rings. The van der Waals surface area contributed by atoms with Gasteiger partial charge in [0.1, 0.15) is 11.5 Å². The maximum absolute atomic E-state index is 14.8. The van der Waals surface area contributed by atoms with Crippen LogP contribution in [0.1, 0.15) is 16.7 Å². The predicted molar refractivity (Wildman–Crippen MR) is 130 cm³/mol. The quantitative estimate of drug-likeness (QED) is 0.365. The lowest BCUT2D eigenvalue weighted by Crippen LogP contribution is -2.25. The highest BCUT2D eigenvalue weighted by Crippen LogP contribution is 2.50. The number of anilines is 1. The van der Waals surface area contributed by atoms with Crippen molar-refractivity contribution >= 4 is 5.69 Å². The van der Waals surface area contributed by atoms with E-state index in [1.165, 1.54) is 18.3 Å². The third kappa shape index (κ3) is 3.64. The van der Waals surface area contributed by atoms with E-state index in [0.717, 1.165) is 11.1 Å². The van der Waals surface area contributed by atoms with Crippen molar-refractivity contribution in [3.63, 3.8) is 0 Å². The maximum atomic E-state index is 14.8. The summed E-state index contributed by atoms with van der Waals surface area (Å²) in [6, 6.07) is 20.9. The second-order valence-corrected chi connectivity index (χ2v) is 8.04. The highest BCUT2D eigenvalue weighted by Gasteiger charge is 2.43. The van der Waals surface area contributed by atoms with E-state index in [0.29, 0.717) is 29.2 Å². The van der Waals surface area contributed by atoms with Gasteiger partial charge in [-0.05, 0) is 28.8 Å². The average molecular weight is 453 g/mol.